The van der Waals surface area contributed by atoms with E-state index in [4.69, 9.17) is 5.26 Å². The standard InChI is InChI=1S/C20H23N5O/c1-24(2)10-9-23-20(26)19-11-15-5-3-4-6-16(15)14-25(19)18-7-8-22-17(12-18)13-21/h3-8,12,19H,9-11,14H2,1-2H3,(H,23,26). The summed E-state index contributed by atoms with van der Waals surface area (Å²) in [7, 11) is 3.96. The van der Waals surface area contributed by atoms with Gasteiger partial charge in [-0.05, 0) is 37.4 Å². The highest BCUT2D eigenvalue weighted by atomic mass is 16.2. The van der Waals surface area contributed by atoms with Crippen LogP contribution in [-0.2, 0) is 17.8 Å². The topological polar surface area (TPSA) is 72.3 Å². The summed E-state index contributed by atoms with van der Waals surface area (Å²) in [5.74, 6) is 0.0108. The second kappa shape index (κ2) is 7.98. The summed E-state index contributed by atoms with van der Waals surface area (Å²) >= 11 is 0. The SMILES string of the molecule is CN(C)CCNC(=O)C1Cc2ccccc2CN1c1ccnc(C#N)c1. The van der Waals surface area contributed by atoms with Crippen molar-refractivity contribution in [1.82, 2.24) is 15.2 Å². The van der Waals surface area contributed by atoms with Gasteiger partial charge in [-0.15, -0.1) is 0 Å². The number of anilines is 1. The van der Waals surface area contributed by atoms with Crippen LogP contribution in [0.1, 0.15) is 16.8 Å². The van der Waals surface area contributed by atoms with Gasteiger partial charge in [0.2, 0.25) is 5.91 Å². The molecule has 1 amide bonds. The first kappa shape index (κ1) is 17.9. The molecule has 3 rings (SSSR count). The van der Waals surface area contributed by atoms with E-state index >= 15 is 0 Å². The molecule has 1 atom stereocenters. The molecule has 0 bridgehead atoms. The molecule has 134 valence electrons. The Labute approximate surface area is 154 Å². The molecule has 0 fully saturated rings. The van der Waals surface area contributed by atoms with Crippen LogP contribution in [0.3, 0.4) is 0 Å². The Morgan fingerprint density at radius 1 is 1.35 bits per heavy atom. The van der Waals surface area contributed by atoms with Crippen LogP contribution in [0.15, 0.2) is 42.6 Å². The van der Waals surface area contributed by atoms with Gasteiger partial charge < -0.3 is 15.1 Å². The number of fused-ring (bicyclic) bond motifs is 1. The van der Waals surface area contributed by atoms with E-state index in [9.17, 15) is 4.79 Å². The minimum Gasteiger partial charge on any atom is -0.355 e. The van der Waals surface area contributed by atoms with Gasteiger partial charge in [0.25, 0.3) is 0 Å². The predicted octanol–water partition coefficient (Wildman–Crippen LogP) is 1.56. The Hall–Kier alpha value is -2.91. The Balaban J connectivity index is 1.87. The minimum absolute atomic E-state index is 0.0108. The Morgan fingerprint density at radius 3 is 2.85 bits per heavy atom. The molecular formula is C20H23N5O. The van der Waals surface area contributed by atoms with Crippen molar-refractivity contribution in [3.05, 3.63) is 59.4 Å². The molecule has 26 heavy (non-hydrogen) atoms. The van der Waals surface area contributed by atoms with Crippen molar-refractivity contribution in [2.24, 2.45) is 0 Å². The maximum absolute atomic E-state index is 12.9. The second-order valence-corrected chi connectivity index (χ2v) is 6.72. The van der Waals surface area contributed by atoms with Crippen LogP contribution in [0.5, 0.6) is 0 Å². The molecule has 1 aromatic carbocycles. The van der Waals surface area contributed by atoms with Gasteiger partial charge in [-0.2, -0.15) is 5.26 Å². The Kier molecular flexibility index (Phi) is 5.49. The number of nitrogens with zero attached hydrogens (tertiary/aromatic N) is 4. The van der Waals surface area contributed by atoms with Crippen molar-refractivity contribution in [2.75, 3.05) is 32.1 Å². The molecule has 0 radical (unpaired) electrons. The monoisotopic (exact) mass is 349 g/mol. The lowest BCUT2D eigenvalue weighted by Crippen LogP contribution is -2.51. The van der Waals surface area contributed by atoms with E-state index in [0.29, 0.717) is 25.2 Å². The molecule has 0 spiro atoms. The van der Waals surface area contributed by atoms with Gasteiger partial charge in [-0.1, -0.05) is 24.3 Å². The van der Waals surface area contributed by atoms with E-state index < -0.39 is 0 Å². The number of hydrogen-bond donors (Lipinski definition) is 1. The molecule has 1 unspecified atom stereocenters. The van der Waals surface area contributed by atoms with Crippen LogP contribution < -0.4 is 10.2 Å². The van der Waals surface area contributed by atoms with Crippen molar-refractivity contribution < 1.29 is 4.79 Å². The van der Waals surface area contributed by atoms with Gasteiger partial charge in [0.15, 0.2) is 0 Å². The minimum atomic E-state index is -0.305. The summed E-state index contributed by atoms with van der Waals surface area (Å²) in [6, 6.07) is 13.6. The van der Waals surface area contributed by atoms with E-state index in [2.05, 4.69) is 33.4 Å². The van der Waals surface area contributed by atoms with Crippen molar-refractivity contribution >= 4 is 11.6 Å². The Bertz CT molecular complexity index is 827. The zero-order valence-corrected chi connectivity index (χ0v) is 15.1. The van der Waals surface area contributed by atoms with Crippen LogP contribution in [0.4, 0.5) is 5.69 Å². The summed E-state index contributed by atoms with van der Waals surface area (Å²) in [5.41, 5.74) is 3.61. The Morgan fingerprint density at radius 2 is 2.12 bits per heavy atom. The molecule has 1 N–H and O–H groups in total. The van der Waals surface area contributed by atoms with Crippen molar-refractivity contribution in [3.63, 3.8) is 0 Å². The molecule has 6 nitrogen and oxygen atoms in total. The lowest BCUT2D eigenvalue weighted by molar-refractivity contribution is -0.122. The van der Waals surface area contributed by atoms with Crippen LogP contribution in [0, 0.1) is 11.3 Å². The maximum Gasteiger partial charge on any atom is 0.243 e. The zero-order chi connectivity index (χ0) is 18.5. The number of likely N-dealkylation sites (N-methyl/N-ethyl adjacent to an activating group) is 1. The zero-order valence-electron chi connectivity index (χ0n) is 15.1. The van der Waals surface area contributed by atoms with Gasteiger partial charge >= 0.3 is 0 Å². The fourth-order valence-corrected chi connectivity index (χ4v) is 3.21. The summed E-state index contributed by atoms with van der Waals surface area (Å²) < 4.78 is 0. The molecule has 2 heterocycles. The van der Waals surface area contributed by atoms with Gasteiger partial charge in [0, 0.05) is 37.9 Å². The highest BCUT2D eigenvalue weighted by Crippen LogP contribution is 2.28. The average molecular weight is 349 g/mol. The van der Waals surface area contributed by atoms with E-state index in [1.807, 2.05) is 37.2 Å². The quantitative estimate of drug-likeness (QED) is 0.887. The third-order valence-corrected chi connectivity index (χ3v) is 4.60. The molecule has 1 aliphatic rings. The predicted molar refractivity (Wildman–Crippen MR) is 101 cm³/mol. The first-order valence-electron chi connectivity index (χ1n) is 8.70. The normalized spacial score (nSPS) is 16.1. The smallest absolute Gasteiger partial charge is 0.243 e. The van der Waals surface area contributed by atoms with E-state index in [0.717, 1.165) is 12.2 Å². The molecule has 0 aliphatic carbocycles. The number of nitriles is 1. The van der Waals surface area contributed by atoms with Crippen LogP contribution >= 0.6 is 0 Å². The van der Waals surface area contributed by atoms with Gasteiger partial charge in [-0.3, -0.25) is 4.79 Å². The number of pyridine rings is 1. The number of rotatable bonds is 5. The lowest BCUT2D eigenvalue weighted by Gasteiger charge is -2.37. The summed E-state index contributed by atoms with van der Waals surface area (Å²) in [6.07, 6.45) is 2.27. The van der Waals surface area contributed by atoms with Crippen LogP contribution in [0.2, 0.25) is 0 Å². The molecule has 1 aromatic heterocycles. The number of amides is 1. The third kappa shape index (κ3) is 4.01. The fourth-order valence-electron chi connectivity index (χ4n) is 3.21. The van der Waals surface area contributed by atoms with Gasteiger partial charge in [0.05, 0.1) is 0 Å². The van der Waals surface area contributed by atoms with Crippen molar-refractivity contribution in [2.45, 2.75) is 19.0 Å². The molecular weight excluding hydrogens is 326 g/mol. The van der Waals surface area contributed by atoms with Gasteiger partial charge in [0.1, 0.15) is 17.8 Å². The summed E-state index contributed by atoms with van der Waals surface area (Å²) in [5, 5.41) is 12.2. The number of benzene rings is 1. The highest BCUT2D eigenvalue weighted by molar-refractivity contribution is 5.86. The molecule has 6 heteroatoms. The fraction of sp³-hybridized carbons (Fsp3) is 0.350. The highest BCUT2D eigenvalue weighted by Gasteiger charge is 2.31. The largest absolute Gasteiger partial charge is 0.355 e. The average Bonchev–Trinajstić information content (AvgIpc) is 2.66. The number of aromatic nitrogens is 1. The summed E-state index contributed by atoms with van der Waals surface area (Å²) in [6.45, 7) is 2.04. The second-order valence-electron chi connectivity index (χ2n) is 6.72. The number of nitrogens with one attached hydrogen (secondary N) is 1. The molecule has 2 aromatic rings. The number of carbonyl (C=O) groups excluding carboxylic acids is 1. The van der Waals surface area contributed by atoms with E-state index in [1.54, 1.807) is 12.3 Å². The number of hydrogen-bond acceptors (Lipinski definition) is 5. The molecule has 0 saturated heterocycles. The van der Waals surface area contributed by atoms with E-state index in [1.165, 1.54) is 11.1 Å². The number of carbonyl (C=O) groups is 1. The van der Waals surface area contributed by atoms with Crippen molar-refractivity contribution in [1.29, 1.82) is 5.26 Å². The lowest BCUT2D eigenvalue weighted by atomic mass is 9.93. The maximum atomic E-state index is 12.9. The third-order valence-electron chi connectivity index (χ3n) is 4.60. The van der Waals surface area contributed by atoms with Crippen LogP contribution in [0.25, 0.3) is 0 Å². The first-order valence-corrected chi connectivity index (χ1v) is 8.70. The van der Waals surface area contributed by atoms with Gasteiger partial charge in [-0.25, -0.2) is 4.98 Å². The van der Waals surface area contributed by atoms with Crippen LogP contribution in [-0.4, -0.2) is 49.0 Å². The van der Waals surface area contributed by atoms with Crippen molar-refractivity contribution in [3.8, 4) is 6.07 Å². The molecule has 1 aliphatic heterocycles. The summed E-state index contributed by atoms with van der Waals surface area (Å²) in [4.78, 5) is 21.0. The van der Waals surface area contributed by atoms with E-state index in [-0.39, 0.29) is 11.9 Å². The molecule has 0 saturated carbocycles. The first-order chi connectivity index (χ1) is 12.6.